The molecule has 5 nitrogen and oxygen atoms in total. The lowest BCUT2D eigenvalue weighted by atomic mass is 9.84. The van der Waals surface area contributed by atoms with Crippen LogP contribution in [-0.4, -0.2) is 16.8 Å². The van der Waals surface area contributed by atoms with Crippen LogP contribution < -0.4 is 4.90 Å². The summed E-state index contributed by atoms with van der Waals surface area (Å²) in [4.78, 5) is 27.9. The van der Waals surface area contributed by atoms with Crippen molar-refractivity contribution in [3.05, 3.63) is 94.4 Å². The lowest BCUT2D eigenvalue weighted by Gasteiger charge is -2.24. The molecule has 1 saturated heterocycles. The van der Waals surface area contributed by atoms with Crippen LogP contribution in [-0.2, 0) is 21.4 Å². The maximum Gasteiger partial charge on any atom is 0.300 e. The van der Waals surface area contributed by atoms with Gasteiger partial charge in [-0.25, -0.2) is 0 Å². The molecule has 0 bridgehead atoms. The van der Waals surface area contributed by atoms with Gasteiger partial charge in [-0.2, -0.15) is 0 Å². The number of aliphatic hydroxyl groups excluding tert-OH is 1. The molecule has 1 aromatic heterocycles. The maximum absolute atomic E-state index is 13.3. The molecule has 0 spiro atoms. The molecule has 4 rings (SSSR count). The summed E-state index contributed by atoms with van der Waals surface area (Å²) < 4.78 is 5.64. The minimum Gasteiger partial charge on any atom is -0.507 e. The van der Waals surface area contributed by atoms with E-state index in [1.54, 1.807) is 12.1 Å². The van der Waals surface area contributed by atoms with E-state index in [1.165, 1.54) is 11.2 Å². The van der Waals surface area contributed by atoms with Crippen molar-refractivity contribution in [2.75, 3.05) is 4.90 Å². The highest BCUT2D eigenvalue weighted by Crippen LogP contribution is 2.43. The minimum atomic E-state index is -0.856. The molecular formula is C28H29NO4. The predicted octanol–water partition coefficient (Wildman–Crippen LogP) is 6.07. The van der Waals surface area contributed by atoms with Crippen molar-refractivity contribution in [2.24, 2.45) is 0 Å². The first-order chi connectivity index (χ1) is 15.6. The second-order valence-electron chi connectivity index (χ2n) is 9.48. The first-order valence-corrected chi connectivity index (χ1v) is 11.2. The van der Waals surface area contributed by atoms with Gasteiger partial charge in [-0.05, 0) is 65.8 Å². The van der Waals surface area contributed by atoms with Crippen molar-refractivity contribution in [3.63, 3.8) is 0 Å². The molecule has 2 aromatic carbocycles. The summed E-state index contributed by atoms with van der Waals surface area (Å²) >= 11 is 0. The van der Waals surface area contributed by atoms with E-state index in [1.807, 2.05) is 49.4 Å². The number of furan rings is 1. The first kappa shape index (κ1) is 22.6. The number of benzene rings is 2. The first-order valence-electron chi connectivity index (χ1n) is 11.2. The van der Waals surface area contributed by atoms with E-state index < -0.39 is 17.7 Å². The number of anilines is 1. The van der Waals surface area contributed by atoms with Gasteiger partial charge < -0.3 is 9.52 Å². The molecular weight excluding hydrogens is 414 g/mol. The van der Waals surface area contributed by atoms with E-state index >= 15 is 0 Å². The quantitative estimate of drug-likeness (QED) is 0.302. The van der Waals surface area contributed by atoms with Gasteiger partial charge in [-0.15, -0.1) is 0 Å². The number of ketones is 1. The van der Waals surface area contributed by atoms with E-state index in [-0.39, 0.29) is 16.7 Å². The number of carbonyl (C=O) groups is 2. The molecule has 5 heteroatoms. The molecule has 3 aromatic rings. The van der Waals surface area contributed by atoms with E-state index in [0.29, 0.717) is 17.0 Å². The SMILES string of the molecule is CCc1ccc(N2C(=O)C(=O)/C(=C(/O)c3cc(C(C)(C)C)ccc3C)C2c2ccco2)cc1. The van der Waals surface area contributed by atoms with Gasteiger partial charge in [0.25, 0.3) is 11.7 Å². The van der Waals surface area contributed by atoms with Crippen LogP contribution in [0, 0.1) is 6.92 Å². The second-order valence-corrected chi connectivity index (χ2v) is 9.48. The van der Waals surface area contributed by atoms with Crippen molar-refractivity contribution in [1.82, 2.24) is 0 Å². The monoisotopic (exact) mass is 443 g/mol. The number of Topliss-reactive ketones (excluding diaryl/α,β-unsaturated/α-hetero) is 1. The van der Waals surface area contributed by atoms with Crippen LogP contribution in [0.25, 0.3) is 5.76 Å². The van der Waals surface area contributed by atoms with Crippen molar-refractivity contribution in [1.29, 1.82) is 0 Å². The summed E-state index contributed by atoms with van der Waals surface area (Å²) in [5, 5.41) is 11.4. The lowest BCUT2D eigenvalue weighted by molar-refractivity contribution is -0.132. The molecule has 2 heterocycles. The van der Waals surface area contributed by atoms with Crippen molar-refractivity contribution < 1.29 is 19.1 Å². The largest absolute Gasteiger partial charge is 0.507 e. The zero-order valence-electron chi connectivity index (χ0n) is 19.7. The molecule has 0 saturated carbocycles. The van der Waals surface area contributed by atoms with E-state index in [9.17, 15) is 14.7 Å². The smallest absolute Gasteiger partial charge is 0.300 e. The van der Waals surface area contributed by atoms with Crippen LogP contribution in [0.15, 0.2) is 70.9 Å². The topological polar surface area (TPSA) is 70.8 Å². The molecule has 1 fully saturated rings. The summed E-state index contributed by atoms with van der Waals surface area (Å²) in [7, 11) is 0. The molecule has 1 atom stereocenters. The number of aliphatic hydroxyl groups is 1. The molecule has 0 radical (unpaired) electrons. The normalized spacial score (nSPS) is 18.2. The van der Waals surface area contributed by atoms with Gasteiger partial charge in [0.15, 0.2) is 0 Å². The maximum atomic E-state index is 13.3. The zero-order valence-corrected chi connectivity index (χ0v) is 19.7. The predicted molar refractivity (Wildman–Crippen MR) is 129 cm³/mol. The van der Waals surface area contributed by atoms with Gasteiger partial charge in [-0.3, -0.25) is 14.5 Å². The number of rotatable bonds is 4. The lowest BCUT2D eigenvalue weighted by Crippen LogP contribution is -2.29. The van der Waals surface area contributed by atoms with Crippen molar-refractivity contribution >= 4 is 23.1 Å². The molecule has 1 unspecified atom stereocenters. The second kappa shape index (κ2) is 8.39. The van der Waals surface area contributed by atoms with Gasteiger partial charge in [0, 0.05) is 11.3 Å². The van der Waals surface area contributed by atoms with Crippen LogP contribution >= 0.6 is 0 Å². The fourth-order valence-corrected chi connectivity index (χ4v) is 4.20. The molecule has 1 amide bonds. The minimum absolute atomic E-state index is 0.0312. The summed E-state index contributed by atoms with van der Waals surface area (Å²) in [6.45, 7) is 10.2. The Morgan fingerprint density at radius 1 is 1.06 bits per heavy atom. The van der Waals surface area contributed by atoms with E-state index in [2.05, 4.69) is 27.7 Å². The van der Waals surface area contributed by atoms with Crippen LogP contribution in [0.1, 0.15) is 61.8 Å². The molecule has 1 aliphatic heterocycles. The molecule has 33 heavy (non-hydrogen) atoms. The number of nitrogens with zero attached hydrogens (tertiary/aromatic N) is 1. The highest BCUT2D eigenvalue weighted by molar-refractivity contribution is 6.51. The third kappa shape index (κ3) is 3.99. The highest BCUT2D eigenvalue weighted by atomic mass is 16.3. The van der Waals surface area contributed by atoms with Gasteiger partial charge in [0.05, 0.1) is 11.8 Å². The van der Waals surface area contributed by atoms with Crippen molar-refractivity contribution in [3.8, 4) is 0 Å². The Labute approximate surface area is 194 Å². The Morgan fingerprint density at radius 2 is 1.76 bits per heavy atom. The van der Waals surface area contributed by atoms with Gasteiger partial charge in [-0.1, -0.05) is 52.0 Å². The van der Waals surface area contributed by atoms with Crippen LogP contribution in [0.2, 0.25) is 0 Å². The Bertz CT molecular complexity index is 1230. The molecule has 170 valence electrons. The van der Waals surface area contributed by atoms with Crippen LogP contribution in [0.4, 0.5) is 5.69 Å². The average Bonchev–Trinajstić information content (AvgIpc) is 3.40. The van der Waals surface area contributed by atoms with Gasteiger partial charge >= 0.3 is 0 Å². The standard InChI is InChI=1S/C28H29NO4/c1-6-18-10-13-20(14-11-18)29-24(22-8-7-15-33-22)23(26(31)27(29)32)25(30)21-16-19(28(3,4)5)12-9-17(21)2/h7-16,24,30H,6H2,1-5H3/b25-23+. The Kier molecular flexibility index (Phi) is 5.75. The summed E-state index contributed by atoms with van der Waals surface area (Å²) in [6, 6.07) is 15.9. The number of amides is 1. The summed E-state index contributed by atoms with van der Waals surface area (Å²) in [5.74, 6) is -1.19. The van der Waals surface area contributed by atoms with E-state index in [4.69, 9.17) is 4.42 Å². The highest BCUT2D eigenvalue weighted by Gasteiger charge is 2.48. The third-order valence-electron chi connectivity index (χ3n) is 6.24. The Balaban J connectivity index is 1.92. The molecule has 1 aliphatic rings. The molecule has 1 N–H and O–H groups in total. The molecule has 0 aliphatic carbocycles. The van der Waals surface area contributed by atoms with Gasteiger partial charge in [0.1, 0.15) is 17.6 Å². The Hall–Kier alpha value is -3.60. The summed E-state index contributed by atoms with van der Waals surface area (Å²) in [5.41, 5.74) is 3.97. The third-order valence-corrected chi connectivity index (χ3v) is 6.24. The fraction of sp³-hybridized carbons (Fsp3) is 0.286. The van der Waals surface area contributed by atoms with Crippen molar-refractivity contribution in [2.45, 2.75) is 52.5 Å². The number of aryl methyl sites for hydroxylation is 2. The number of hydrogen-bond donors (Lipinski definition) is 1. The zero-order chi connectivity index (χ0) is 23.9. The Morgan fingerprint density at radius 3 is 2.33 bits per heavy atom. The number of carbonyl (C=O) groups excluding carboxylic acids is 2. The van der Waals surface area contributed by atoms with Crippen LogP contribution in [0.5, 0.6) is 0 Å². The average molecular weight is 444 g/mol. The fourth-order valence-electron chi connectivity index (χ4n) is 4.20. The van der Waals surface area contributed by atoms with Crippen LogP contribution in [0.3, 0.4) is 0 Å². The van der Waals surface area contributed by atoms with E-state index in [0.717, 1.165) is 23.1 Å². The summed E-state index contributed by atoms with van der Waals surface area (Å²) in [6.07, 6.45) is 2.37. The number of hydrogen-bond acceptors (Lipinski definition) is 4. The van der Waals surface area contributed by atoms with Gasteiger partial charge in [0.2, 0.25) is 0 Å².